The molecule has 0 N–H and O–H groups in total. The van der Waals surface area contributed by atoms with Crippen LogP contribution in [0, 0.1) is 11.8 Å². The van der Waals surface area contributed by atoms with Crippen LogP contribution in [-0.2, 0) is 0 Å². The van der Waals surface area contributed by atoms with Gasteiger partial charge in [0.15, 0.2) is 0 Å². The van der Waals surface area contributed by atoms with Gasteiger partial charge in [-0.1, -0.05) is 13.3 Å². The van der Waals surface area contributed by atoms with E-state index < -0.39 is 0 Å². The number of amides is 2. The third-order valence-corrected chi connectivity index (χ3v) is 7.34. The SMILES string of the molecule is CCC1CCN(C(=O)N2CCC(CCN3CCN(C(C)C)CC3)CC2)CC1. The molecule has 3 aliphatic heterocycles. The number of urea groups is 1. The lowest BCUT2D eigenvalue weighted by Crippen LogP contribution is -2.50. The van der Waals surface area contributed by atoms with Gasteiger partial charge in [-0.2, -0.15) is 0 Å². The zero-order chi connectivity index (χ0) is 19.2. The summed E-state index contributed by atoms with van der Waals surface area (Å²) in [7, 11) is 0. The second kappa shape index (κ2) is 10.1. The van der Waals surface area contributed by atoms with E-state index in [1.807, 2.05) is 0 Å². The molecule has 156 valence electrons. The van der Waals surface area contributed by atoms with Crippen LogP contribution in [0.2, 0.25) is 0 Å². The lowest BCUT2D eigenvalue weighted by Gasteiger charge is -2.40. The largest absolute Gasteiger partial charge is 0.325 e. The fourth-order valence-corrected chi connectivity index (χ4v) is 5.01. The summed E-state index contributed by atoms with van der Waals surface area (Å²) in [6, 6.07) is 0.995. The van der Waals surface area contributed by atoms with Crippen molar-refractivity contribution in [1.29, 1.82) is 0 Å². The zero-order valence-corrected chi connectivity index (χ0v) is 18.0. The van der Waals surface area contributed by atoms with E-state index in [-0.39, 0.29) is 0 Å². The minimum absolute atomic E-state index is 0.313. The van der Waals surface area contributed by atoms with E-state index in [2.05, 4.69) is 40.4 Å². The molecule has 0 unspecified atom stereocenters. The van der Waals surface area contributed by atoms with Gasteiger partial charge in [0.2, 0.25) is 0 Å². The van der Waals surface area contributed by atoms with Crippen LogP contribution >= 0.6 is 0 Å². The Labute approximate surface area is 167 Å². The highest BCUT2D eigenvalue weighted by atomic mass is 16.2. The quantitative estimate of drug-likeness (QED) is 0.735. The van der Waals surface area contributed by atoms with Crippen molar-refractivity contribution < 1.29 is 4.79 Å². The smallest absolute Gasteiger partial charge is 0.319 e. The number of piperazine rings is 1. The van der Waals surface area contributed by atoms with Crippen LogP contribution in [0.3, 0.4) is 0 Å². The molecule has 2 amide bonds. The number of piperidine rings is 2. The summed E-state index contributed by atoms with van der Waals surface area (Å²) in [5.41, 5.74) is 0. The van der Waals surface area contributed by atoms with Crippen molar-refractivity contribution in [3.8, 4) is 0 Å². The molecular weight excluding hydrogens is 336 g/mol. The highest BCUT2D eigenvalue weighted by Crippen LogP contribution is 2.25. The number of hydrogen-bond donors (Lipinski definition) is 0. The second-order valence-electron chi connectivity index (χ2n) is 9.31. The van der Waals surface area contributed by atoms with Gasteiger partial charge in [0.25, 0.3) is 0 Å². The van der Waals surface area contributed by atoms with E-state index in [0.717, 1.165) is 38.0 Å². The van der Waals surface area contributed by atoms with Crippen molar-refractivity contribution in [2.45, 2.75) is 65.3 Å². The lowest BCUT2D eigenvalue weighted by molar-refractivity contribution is 0.0940. The first-order valence-electron chi connectivity index (χ1n) is 11.6. The van der Waals surface area contributed by atoms with E-state index in [1.165, 1.54) is 71.2 Å². The van der Waals surface area contributed by atoms with E-state index in [0.29, 0.717) is 12.1 Å². The third-order valence-electron chi connectivity index (χ3n) is 7.34. The first kappa shape index (κ1) is 20.9. The van der Waals surface area contributed by atoms with Gasteiger partial charge in [0, 0.05) is 58.4 Å². The Morgan fingerprint density at radius 1 is 0.815 bits per heavy atom. The maximum atomic E-state index is 12.8. The van der Waals surface area contributed by atoms with Gasteiger partial charge in [-0.15, -0.1) is 0 Å². The van der Waals surface area contributed by atoms with Crippen molar-refractivity contribution in [1.82, 2.24) is 19.6 Å². The zero-order valence-electron chi connectivity index (χ0n) is 18.0. The van der Waals surface area contributed by atoms with E-state index in [9.17, 15) is 4.79 Å². The van der Waals surface area contributed by atoms with Gasteiger partial charge in [-0.25, -0.2) is 4.79 Å². The normalized spacial score (nSPS) is 24.7. The summed E-state index contributed by atoms with van der Waals surface area (Å²) >= 11 is 0. The summed E-state index contributed by atoms with van der Waals surface area (Å²) in [6.45, 7) is 16.9. The number of likely N-dealkylation sites (tertiary alicyclic amines) is 2. The van der Waals surface area contributed by atoms with E-state index in [1.54, 1.807) is 0 Å². The van der Waals surface area contributed by atoms with Crippen LogP contribution in [0.15, 0.2) is 0 Å². The van der Waals surface area contributed by atoms with Crippen molar-refractivity contribution >= 4 is 6.03 Å². The molecule has 0 atom stereocenters. The molecule has 3 saturated heterocycles. The predicted octanol–water partition coefficient (Wildman–Crippen LogP) is 3.36. The number of nitrogens with zero attached hydrogens (tertiary/aromatic N) is 4. The van der Waals surface area contributed by atoms with Crippen LogP contribution < -0.4 is 0 Å². The van der Waals surface area contributed by atoms with Crippen molar-refractivity contribution in [2.24, 2.45) is 11.8 Å². The molecule has 5 heteroatoms. The molecule has 0 aromatic carbocycles. The molecule has 0 aromatic heterocycles. The first-order valence-corrected chi connectivity index (χ1v) is 11.6. The van der Waals surface area contributed by atoms with Crippen molar-refractivity contribution in [3.63, 3.8) is 0 Å². The van der Waals surface area contributed by atoms with Gasteiger partial charge < -0.3 is 14.7 Å². The highest BCUT2D eigenvalue weighted by Gasteiger charge is 2.29. The lowest BCUT2D eigenvalue weighted by atomic mass is 9.93. The summed E-state index contributed by atoms with van der Waals surface area (Å²) in [5, 5.41) is 0. The molecule has 0 bridgehead atoms. The predicted molar refractivity (Wildman–Crippen MR) is 112 cm³/mol. The van der Waals surface area contributed by atoms with Crippen LogP contribution in [0.25, 0.3) is 0 Å². The molecule has 0 aliphatic carbocycles. The maximum Gasteiger partial charge on any atom is 0.319 e. The number of hydrogen-bond acceptors (Lipinski definition) is 3. The molecule has 3 rings (SSSR count). The van der Waals surface area contributed by atoms with Crippen LogP contribution in [0.4, 0.5) is 4.79 Å². The standard InChI is InChI=1S/C22H42N4O/c1-4-20-6-11-25(12-7-20)22(27)26-13-8-21(9-14-26)5-10-23-15-17-24(18-16-23)19(2)3/h19-21H,4-18H2,1-3H3. The summed E-state index contributed by atoms with van der Waals surface area (Å²) in [5.74, 6) is 1.64. The Morgan fingerprint density at radius 2 is 1.33 bits per heavy atom. The molecular formula is C22H42N4O. The van der Waals surface area contributed by atoms with Crippen molar-refractivity contribution in [3.05, 3.63) is 0 Å². The Bertz CT molecular complexity index is 445. The maximum absolute atomic E-state index is 12.8. The average molecular weight is 379 g/mol. The second-order valence-corrected chi connectivity index (χ2v) is 9.31. The molecule has 3 aliphatic rings. The Morgan fingerprint density at radius 3 is 1.81 bits per heavy atom. The molecule has 0 radical (unpaired) electrons. The molecule has 3 heterocycles. The van der Waals surface area contributed by atoms with E-state index in [4.69, 9.17) is 0 Å². The van der Waals surface area contributed by atoms with Crippen LogP contribution in [-0.4, -0.2) is 90.6 Å². The molecule has 27 heavy (non-hydrogen) atoms. The fourth-order valence-electron chi connectivity index (χ4n) is 5.01. The summed E-state index contributed by atoms with van der Waals surface area (Å²) in [6.07, 6.45) is 7.36. The minimum Gasteiger partial charge on any atom is -0.325 e. The topological polar surface area (TPSA) is 30.0 Å². The third kappa shape index (κ3) is 5.83. The van der Waals surface area contributed by atoms with Gasteiger partial charge in [0.05, 0.1) is 0 Å². The summed E-state index contributed by atoms with van der Waals surface area (Å²) in [4.78, 5) is 22.3. The summed E-state index contributed by atoms with van der Waals surface area (Å²) < 4.78 is 0. The number of carbonyl (C=O) groups excluding carboxylic acids is 1. The minimum atomic E-state index is 0.313. The van der Waals surface area contributed by atoms with Gasteiger partial charge in [-0.05, 0) is 64.3 Å². The highest BCUT2D eigenvalue weighted by molar-refractivity contribution is 5.74. The average Bonchev–Trinajstić information content (AvgIpc) is 2.72. The Balaban J connectivity index is 1.32. The van der Waals surface area contributed by atoms with Crippen LogP contribution in [0.1, 0.15) is 59.3 Å². The van der Waals surface area contributed by atoms with Gasteiger partial charge in [0.1, 0.15) is 0 Å². The van der Waals surface area contributed by atoms with Gasteiger partial charge in [-0.3, -0.25) is 4.90 Å². The van der Waals surface area contributed by atoms with E-state index >= 15 is 0 Å². The Kier molecular flexibility index (Phi) is 7.83. The number of carbonyl (C=O) groups is 1. The molecule has 0 aromatic rings. The fraction of sp³-hybridized carbons (Fsp3) is 0.955. The molecule has 0 saturated carbocycles. The van der Waals surface area contributed by atoms with Gasteiger partial charge >= 0.3 is 6.03 Å². The first-order chi connectivity index (χ1) is 13.1. The Hall–Kier alpha value is -0.810. The molecule has 0 spiro atoms. The number of rotatable bonds is 5. The van der Waals surface area contributed by atoms with Crippen LogP contribution in [0.5, 0.6) is 0 Å². The van der Waals surface area contributed by atoms with Crippen molar-refractivity contribution in [2.75, 3.05) is 58.9 Å². The molecule has 5 nitrogen and oxygen atoms in total. The molecule has 3 fully saturated rings. The monoisotopic (exact) mass is 378 g/mol.